The van der Waals surface area contributed by atoms with Gasteiger partial charge in [0, 0.05) is 50.1 Å². The maximum Gasteiger partial charge on any atom is 0.253 e. The topological polar surface area (TPSA) is 81.7 Å². The van der Waals surface area contributed by atoms with Crippen molar-refractivity contribution in [2.75, 3.05) is 32.7 Å². The summed E-state index contributed by atoms with van der Waals surface area (Å²) in [4.78, 5) is 26.5. The summed E-state index contributed by atoms with van der Waals surface area (Å²) in [6, 6.07) is 9.26. The predicted octanol–water partition coefficient (Wildman–Crippen LogP) is 0.235. The van der Waals surface area contributed by atoms with Crippen LogP contribution in [0.2, 0.25) is 0 Å². The highest BCUT2D eigenvalue weighted by molar-refractivity contribution is 5.94. The van der Waals surface area contributed by atoms with Crippen LogP contribution in [0.15, 0.2) is 30.3 Å². The lowest BCUT2D eigenvalue weighted by Crippen LogP contribution is -2.44. The second-order valence-electron chi connectivity index (χ2n) is 6.66. The van der Waals surface area contributed by atoms with Gasteiger partial charge in [-0.2, -0.15) is 0 Å². The highest BCUT2D eigenvalue weighted by atomic mass is 16.3. The number of aliphatic hydroxyl groups excluding tert-OH is 1. The first-order valence-corrected chi connectivity index (χ1v) is 8.66. The fraction of sp³-hybridized carbons (Fsp3) is 0.556. The molecule has 1 aromatic carbocycles. The zero-order valence-corrected chi connectivity index (χ0v) is 13.8. The van der Waals surface area contributed by atoms with E-state index in [-0.39, 0.29) is 29.8 Å². The van der Waals surface area contributed by atoms with Gasteiger partial charge in [0.1, 0.15) is 0 Å². The average molecular weight is 331 g/mol. The predicted molar refractivity (Wildman–Crippen MR) is 90.4 cm³/mol. The molecule has 130 valence electrons. The minimum atomic E-state index is -0.379. The zero-order chi connectivity index (χ0) is 16.9. The van der Waals surface area contributed by atoms with Crippen molar-refractivity contribution < 1.29 is 14.7 Å². The Hall–Kier alpha value is -1.92. The maximum absolute atomic E-state index is 12.4. The fourth-order valence-electron chi connectivity index (χ4n) is 3.41. The summed E-state index contributed by atoms with van der Waals surface area (Å²) in [5.74, 6) is 0.126. The third kappa shape index (κ3) is 3.94. The molecule has 2 fully saturated rings. The molecule has 2 heterocycles. The van der Waals surface area contributed by atoms with Crippen LogP contribution in [0.4, 0.5) is 0 Å². The Morgan fingerprint density at radius 3 is 2.50 bits per heavy atom. The summed E-state index contributed by atoms with van der Waals surface area (Å²) >= 11 is 0. The molecule has 0 aliphatic carbocycles. The van der Waals surface area contributed by atoms with Gasteiger partial charge in [-0.05, 0) is 25.0 Å². The summed E-state index contributed by atoms with van der Waals surface area (Å²) in [5.41, 5.74) is 0.697. The summed E-state index contributed by atoms with van der Waals surface area (Å²) < 4.78 is 0. The monoisotopic (exact) mass is 331 g/mol. The minimum absolute atomic E-state index is 0.0367. The van der Waals surface area contributed by atoms with Crippen molar-refractivity contribution in [2.24, 2.45) is 11.8 Å². The first kappa shape index (κ1) is 16.9. The van der Waals surface area contributed by atoms with Gasteiger partial charge >= 0.3 is 0 Å². The van der Waals surface area contributed by atoms with E-state index in [1.165, 1.54) is 0 Å². The average Bonchev–Trinajstić information content (AvgIpc) is 3.05. The number of likely N-dealkylation sites (tertiary alicyclic amines) is 1. The summed E-state index contributed by atoms with van der Waals surface area (Å²) in [6.45, 7) is 3.07. The number of benzene rings is 1. The van der Waals surface area contributed by atoms with Crippen molar-refractivity contribution in [3.05, 3.63) is 35.9 Å². The normalized spacial score (nSPS) is 24.8. The number of hydrogen-bond donors (Lipinski definition) is 3. The Morgan fingerprint density at radius 2 is 1.88 bits per heavy atom. The van der Waals surface area contributed by atoms with E-state index in [0.29, 0.717) is 44.6 Å². The number of aliphatic hydroxyl groups is 1. The number of amides is 2. The molecule has 2 aliphatic rings. The van der Waals surface area contributed by atoms with Crippen LogP contribution in [-0.4, -0.2) is 60.6 Å². The van der Waals surface area contributed by atoms with Crippen LogP contribution >= 0.6 is 0 Å². The summed E-state index contributed by atoms with van der Waals surface area (Å²) in [5, 5.41) is 15.8. The number of rotatable bonds is 4. The molecule has 2 amide bonds. The van der Waals surface area contributed by atoms with Crippen molar-refractivity contribution in [3.8, 4) is 0 Å². The molecule has 2 saturated heterocycles. The second kappa shape index (κ2) is 7.77. The number of β-amino-alcohol motifs (C(OH)–C–C–N with tert-alkyl or cyclic N) is 1. The molecule has 0 spiro atoms. The number of piperidine rings is 1. The second-order valence-corrected chi connectivity index (χ2v) is 6.66. The Balaban J connectivity index is 1.44. The molecule has 6 heteroatoms. The van der Waals surface area contributed by atoms with Gasteiger partial charge in [0.2, 0.25) is 5.91 Å². The van der Waals surface area contributed by atoms with Crippen LogP contribution in [0.1, 0.15) is 23.2 Å². The van der Waals surface area contributed by atoms with E-state index >= 15 is 0 Å². The molecule has 1 aromatic rings. The third-order valence-corrected chi connectivity index (χ3v) is 5.02. The van der Waals surface area contributed by atoms with E-state index in [1.54, 1.807) is 0 Å². The molecule has 3 rings (SSSR count). The first-order valence-electron chi connectivity index (χ1n) is 8.66. The first-order chi connectivity index (χ1) is 11.6. The molecule has 0 bridgehead atoms. The molecule has 0 radical (unpaired) electrons. The lowest BCUT2D eigenvalue weighted by atomic mass is 9.95. The standard InChI is InChI=1S/C18H25N3O3/c22-16-12-19-10-15(16)11-20-17(23)13-6-8-21(9-7-13)18(24)14-4-2-1-3-5-14/h1-5,13,15-16,19,22H,6-12H2,(H,20,23). The SMILES string of the molecule is O=C(NCC1CNCC1O)C1CCN(C(=O)c2ccccc2)CC1. The van der Waals surface area contributed by atoms with E-state index in [4.69, 9.17) is 0 Å². The van der Waals surface area contributed by atoms with Gasteiger partial charge in [0.25, 0.3) is 5.91 Å². The van der Waals surface area contributed by atoms with Gasteiger partial charge in [0.05, 0.1) is 6.10 Å². The lowest BCUT2D eigenvalue weighted by Gasteiger charge is -2.31. The summed E-state index contributed by atoms with van der Waals surface area (Å²) in [7, 11) is 0. The van der Waals surface area contributed by atoms with E-state index < -0.39 is 0 Å². The molecule has 6 nitrogen and oxygen atoms in total. The van der Waals surface area contributed by atoms with Crippen molar-refractivity contribution in [1.29, 1.82) is 0 Å². The van der Waals surface area contributed by atoms with Gasteiger partial charge in [-0.1, -0.05) is 18.2 Å². The molecule has 24 heavy (non-hydrogen) atoms. The van der Waals surface area contributed by atoms with Crippen molar-refractivity contribution >= 4 is 11.8 Å². The quantitative estimate of drug-likeness (QED) is 0.738. The van der Waals surface area contributed by atoms with E-state index in [9.17, 15) is 14.7 Å². The molecule has 2 atom stereocenters. The Morgan fingerprint density at radius 1 is 1.17 bits per heavy atom. The van der Waals surface area contributed by atoms with Crippen LogP contribution in [0.25, 0.3) is 0 Å². The van der Waals surface area contributed by atoms with E-state index in [1.807, 2.05) is 35.2 Å². The number of hydrogen-bond acceptors (Lipinski definition) is 4. The van der Waals surface area contributed by atoms with Crippen LogP contribution in [0.3, 0.4) is 0 Å². The van der Waals surface area contributed by atoms with Crippen molar-refractivity contribution in [2.45, 2.75) is 18.9 Å². The van der Waals surface area contributed by atoms with E-state index in [0.717, 1.165) is 6.54 Å². The number of carbonyl (C=O) groups is 2. The molecular weight excluding hydrogens is 306 g/mol. The van der Waals surface area contributed by atoms with Crippen LogP contribution in [0.5, 0.6) is 0 Å². The van der Waals surface area contributed by atoms with Crippen LogP contribution in [-0.2, 0) is 4.79 Å². The number of nitrogens with zero attached hydrogens (tertiary/aromatic N) is 1. The highest BCUT2D eigenvalue weighted by Crippen LogP contribution is 2.19. The van der Waals surface area contributed by atoms with Crippen molar-refractivity contribution in [1.82, 2.24) is 15.5 Å². The molecular formula is C18H25N3O3. The number of carbonyl (C=O) groups excluding carboxylic acids is 2. The fourth-order valence-corrected chi connectivity index (χ4v) is 3.41. The smallest absolute Gasteiger partial charge is 0.253 e. The Labute approximate surface area is 142 Å². The highest BCUT2D eigenvalue weighted by Gasteiger charge is 2.29. The van der Waals surface area contributed by atoms with Gasteiger partial charge in [-0.25, -0.2) is 0 Å². The van der Waals surface area contributed by atoms with E-state index in [2.05, 4.69) is 10.6 Å². The molecule has 2 unspecified atom stereocenters. The van der Waals surface area contributed by atoms with Crippen LogP contribution in [0, 0.1) is 11.8 Å². The lowest BCUT2D eigenvalue weighted by molar-refractivity contribution is -0.126. The molecule has 0 saturated carbocycles. The third-order valence-electron chi connectivity index (χ3n) is 5.02. The molecule has 3 N–H and O–H groups in total. The Bertz CT molecular complexity index is 570. The molecule has 0 aromatic heterocycles. The zero-order valence-electron chi connectivity index (χ0n) is 13.8. The van der Waals surface area contributed by atoms with Gasteiger partial charge in [0.15, 0.2) is 0 Å². The minimum Gasteiger partial charge on any atom is -0.391 e. The van der Waals surface area contributed by atoms with Crippen LogP contribution < -0.4 is 10.6 Å². The summed E-state index contributed by atoms with van der Waals surface area (Å²) in [6.07, 6.45) is 1.00. The molecule has 2 aliphatic heterocycles. The van der Waals surface area contributed by atoms with Gasteiger partial charge < -0.3 is 20.6 Å². The Kier molecular flexibility index (Phi) is 5.48. The van der Waals surface area contributed by atoms with Gasteiger partial charge in [-0.3, -0.25) is 9.59 Å². The number of nitrogens with one attached hydrogen (secondary N) is 2. The van der Waals surface area contributed by atoms with Crippen molar-refractivity contribution in [3.63, 3.8) is 0 Å². The largest absolute Gasteiger partial charge is 0.391 e. The maximum atomic E-state index is 12.4. The van der Waals surface area contributed by atoms with Gasteiger partial charge in [-0.15, -0.1) is 0 Å².